The minimum Gasteiger partial charge on any atom is -0.381 e. The molecule has 1 atom stereocenters. The van der Waals surface area contributed by atoms with Crippen LogP contribution in [0.3, 0.4) is 0 Å². The van der Waals surface area contributed by atoms with Gasteiger partial charge in [-0.05, 0) is 43.0 Å². The zero-order valence-electron chi connectivity index (χ0n) is 9.52. The average Bonchev–Trinajstić information content (AvgIpc) is 2.35. The average molecular weight is 305 g/mol. The van der Waals surface area contributed by atoms with Gasteiger partial charge in [-0.3, -0.25) is 0 Å². The summed E-state index contributed by atoms with van der Waals surface area (Å²) in [6.07, 6.45) is 2.47. The van der Waals surface area contributed by atoms with Crippen molar-refractivity contribution >= 4 is 15.9 Å². The van der Waals surface area contributed by atoms with Gasteiger partial charge in [-0.1, -0.05) is 15.9 Å². The van der Waals surface area contributed by atoms with E-state index in [0.717, 1.165) is 30.8 Å². The van der Waals surface area contributed by atoms with Crippen LogP contribution in [0.2, 0.25) is 0 Å². The number of hydrogen-bond donors (Lipinski definition) is 0. The van der Waals surface area contributed by atoms with Crippen LogP contribution in [-0.2, 0) is 11.2 Å². The first kappa shape index (κ1) is 13.0. The fourth-order valence-corrected chi connectivity index (χ4v) is 2.93. The zero-order chi connectivity index (χ0) is 12.3. The molecule has 0 spiro atoms. The second kappa shape index (κ2) is 5.44. The Labute approximate surface area is 108 Å². The predicted octanol–water partition coefficient (Wildman–Crippen LogP) is 3.70. The second-order valence-electron chi connectivity index (χ2n) is 4.70. The monoisotopic (exact) mass is 304 g/mol. The molecular formula is C13H15BrF2O. The number of alkyl halides is 1. The van der Waals surface area contributed by atoms with E-state index in [1.165, 1.54) is 12.1 Å². The largest absolute Gasteiger partial charge is 0.381 e. The summed E-state index contributed by atoms with van der Waals surface area (Å²) >= 11 is 3.47. The first-order valence-corrected chi connectivity index (χ1v) is 6.85. The van der Waals surface area contributed by atoms with Crippen LogP contribution in [0.5, 0.6) is 0 Å². The van der Waals surface area contributed by atoms with Crippen molar-refractivity contribution in [2.75, 3.05) is 18.5 Å². The lowest BCUT2D eigenvalue weighted by molar-refractivity contribution is 0.00574. The van der Waals surface area contributed by atoms with Gasteiger partial charge in [0, 0.05) is 17.4 Å². The molecule has 1 nitrogen and oxygen atoms in total. The van der Waals surface area contributed by atoms with Crippen molar-refractivity contribution in [1.29, 1.82) is 0 Å². The molecule has 0 amide bonds. The molecule has 0 saturated carbocycles. The van der Waals surface area contributed by atoms with E-state index in [1.54, 1.807) is 0 Å². The first-order valence-electron chi connectivity index (χ1n) is 5.73. The van der Waals surface area contributed by atoms with Gasteiger partial charge in [0.1, 0.15) is 11.6 Å². The van der Waals surface area contributed by atoms with Crippen LogP contribution in [0, 0.1) is 17.0 Å². The Morgan fingerprint density at radius 2 is 2.18 bits per heavy atom. The van der Waals surface area contributed by atoms with Gasteiger partial charge in [-0.2, -0.15) is 0 Å². The first-order chi connectivity index (χ1) is 8.15. The van der Waals surface area contributed by atoms with Gasteiger partial charge in [0.05, 0.1) is 6.61 Å². The van der Waals surface area contributed by atoms with Crippen molar-refractivity contribution in [3.05, 3.63) is 35.4 Å². The van der Waals surface area contributed by atoms with E-state index in [-0.39, 0.29) is 17.0 Å². The van der Waals surface area contributed by atoms with E-state index in [4.69, 9.17) is 4.74 Å². The minimum atomic E-state index is -0.386. The van der Waals surface area contributed by atoms with Crippen molar-refractivity contribution in [2.45, 2.75) is 19.3 Å². The van der Waals surface area contributed by atoms with Crippen LogP contribution in [-0.4, -0.2) is 18.5 Å². The number of benzene rings is 1. The quantitative estimate of drug-likeness (QED) is 0.774. The van der Waals surface area contributed by atoms with Crippen molar-refractivity contribution in [1.82, 2.24) is 0 Å². The van der Waals surface area contributed by atoms with Crippen molar-refractivity contribution in [3.8, 4) is 0 Å². The molecule has 2 rings (SSSR count). The SMILES string of the molecule is Fc1ccc(F)c(CC2(CBr)CCCOC2)c1. The molecule has 0 radical (unpaired) electrons. The molecule has 0 aromatic heterocycles. The van der Waals surface area contributed by atoms with Gasteiger partial charge in [-0.15, -0.1) is 0 Å². The maximum atomic E-state index is 13.6. The summed E-state index contributed by atoms with van der Waals surface area (Å²) in [7, 11) is 0. The van der Waals surface area contributed by atoms with Gasteiger partial charge in [0.2, 0.25) is 0 Å². The molecule has 0 aliphatic carbocycles. The Morgan fingerprint density at radius 3 is 2.82 bits per heavy atom. The summed E-state index contributed by atoms with van der Waals surface area (Å²) in [6, 6.07) is 3.63. The number of hydrogen-bond acceptors (Lipinski definition) is 1. The molecule has 0 bridgehead atoms. The maximum absolute atomic E-state index is 13.6. The fourth-order valence-electron chi connectivity index (χ4n) is 2.28. The van der Waals surface area contributed by atoms with Gasteiger partial charge in [-0.25, -0.2) is 8.78 Å². The van der Waals surface area contributed by atoms with Crippen molar-refractivity contribution < 1.29 is 13.5 Å². The van der Waals surface area contributed by atoms with Crippen LogP contribution in [0.15, 0.2) is 18.2 Å². The Balaban J connectivity index is 2.20. The molecule has 1 aliphatic heterocycles. The molecule has 94 valence electrons. The molecule has 1 aliphatic rings. The Bertz CT molecular complexity index is 389. The van der Waals surface area contributed by atoms with Crippen LogP contribution >= 0.6 is 15.9 Å². The van der Waals surface area contributed by atoms with Crippen LogP contribution in [0.4, 0.5) is 8.78 Å². The highest BCUT2D eigenvalue weighted by Gasteiger charge is 2.33. The summed E-state index contributed by atoms with van der Waals surface area (Å²) in [6.45, 7) is 1.37. The highest BCUT2D eigenvalue weighted by Crippen LogP contribution is 2.35. The van der Waals surface area contributed by atoms with E-state index in [1.807, 2.05) is 0 Å². The topological polar surface area (TPSA) is 9.23 Å². The number of rotatable bonds is 3. The van der Waals surface area contributed by atoms with Gasteiger partial charge >= 0.3 is 0 Å². The molecule has 17 heavy (non-hydrogen) atoms. The van der Waals surface area contributed by atoms with E-state index in [9.17, 15) is 8.78 Å². The van der Waals surface area contributed by atoms with Gasteiger partial charge in [0.15, 0.2) is 0 Å². The highest BCUT2D eigenvalue weighted by atomic mass is 79.9. The normalized spacial score (nSPS) is 24.9. The highest BCUT2D eigenvalue weighted by molar-refractivity contribution is 9.09. The standard InChI is InChI=1S/C13H15BrF2O/c14-8-13(4-1-5-17-9-13)7-10-6-11(15)2-3-12(10)16/h2-3,6H,1,4-5,7-9H2. The fraction of sp³-hybridized carbons (Fsp3) is 0.538. The van der Waals surface area contributed by atoms with Crippen molar-refractivity contribution in [2.24, 2.45) is 5.41 Å². The predicted molar refractivity (Wildman–Crippen MR) is 66.3 cm³/mol. The van der Waals surface area contributed by atoms with Crippen LogP contribution in [0.1, 0.15) is 18.4 Å². The van der Waals surface area contributed by atoms with Crippen LogP contribution < -0.4 is 0 Å². The van der Waals surface area contributed by atoms with Gasteiger partial charge < -0.3 is 4.74 Å². The lowest BCUT2D eigenvalue weighted by atomic mass is 9.79. The molecule has 1 aromatic rings. The van der Waals surface area contributed by atoms with E-state index < -0.39 is 0 Å². The molecule has 1 saturated heterocycles. The third kappa shape index (κ3) is 3.05. The minimum absolute atomic E-state index is 0.104. The number of halogens is 3. The third-order valence-corrected chi connectivity index (χ3v) is 4.45. The summed E-state index contributed by atoms with van der Waals surface area (Å²) in [5.74, 6) is -0.722. The summed E-state index contributed by atoms with van der Waals surface area (Å²) in [5, 5.41) is 0.746. The maximum Gasteiger partial charge on any atom is 0.126 e. The Hall–Kier alpha value is -0.480. The summed E-state index contributed by atoms with van der Waals surface area (Å²) in [4.78, 5) is 0. The molecule has 1 heterocycles. The van der Waals surface area contributed by atoms with E-state index >= 15 is 0 Å². The summed E-state index contributed by atoms with van der Waals surface area (Å²) < 4.78 is 32.2. The molecule has 1 aromatic carbocycles. The lowest BCUT2D eigenvalue weighted by Gasteiger charge is -2.35. The number of ether oxygens (including phenoxy) is 1. The lowest BCUT2D eigenvalue weighted by Crippen LogP contribution is -2.35. The molecule has 0 N–H and O–H groups in total. The second-order valence-corrected chi connectivity index (χ2v) is 5.26. The van der Waals surface area contributed by atoms with E-state index in [0.29, 0.717) is 18.6 Å². The smallest absolute Gasteiger partial charge is 0.126 e. The molecule has 4 heteroatoms. The third-order valence-electron chi connectivity index (χ3n) is 3.26. The van der Waals surface area contributed by atoms with Crippen molar-refractivity contribution in [3.63, 3.8) is 0 Å². The van der Waals surface area contributed by atoms with Gasteiger partial charge in [0.25, 0.3) is 0 Å². The van der Waals surface area contributed by atoms with E-state index in [2.05, 4.69) is 15.9 Å². The Kier molecular flexibility index (Phi) is 4.15. The molecule has 1 fully saturated rings. The Morgan fingerprint density at radius 1 is 1.35 bits per heavy atom. The molecular weight excluding hydrogens is 290 g/mol. The summed E-state index contributed by atoms with van der Waals surface area (Å²) in [5.41, 5.74) is 0.335. The zero-order valence-corrected chi connectivity index (χ0v) is 11.1. The van der Waals surface area contributed by atoms with Crippen LogP contribution in [0.25, 0.3) is 0 Å². The molecule has 1 unspecified atom stereocenters.